The van der Waals surface area contributed by atoms with Crippen LogP contribution in [0.1, 0.15) is 24.2 Å². The van der Waals surface area contributed by atoms with Crippen LogP contribution in [0.15, 0.2) is 46.0 Å². The first-order valence-corrected chi connectivity index (χ1v) is 11.3. The SMILES string of the molecule is CCCNC(=O)C(=O)NC[C@@H](c1ccc(N(C)C)cc1)S(=O)(=O)c1cccs1. The highest BCUT2D eigenvalue weighted by atomic mass is 32.2. The van der Waals surface area contributed by atoms with E-state index < -0.39 is 26.9 Å². The predicted molar refractivity (Wildman–Crippen MR) is 111 cm³/mol. The number of nitrogens with zero attached hydrogens (tertiary/aromatic N) is 1. The maximum Gasteiger partial charge on any atom is 0.309 e. The Labute approximate surface area is 169 Å². The molecule has 0 spiro atoms. The Morgan fingerprint density at radius 1 is 1.07 bits per heavy atom. The van der Waals surface area contributed by atoms with Crippen molar-refractivity contribution in [1.29, 1.82) is 0 Å². The summed E-state index contributed by atoms with van der Waals surface area (Å²) >= 11 is 1.12. The maximum atomic E-state index is 13.1. The van der Waals surface area contributed by atoms with Crippen LogP contribution in [0.4, 0.5) is 5.69 Å². The second-order valence-electron chi connectivity index (χ2n) is 6.42. The number of thiophene rings is 1. The van der Waals surface area contributed by atoms with Gasteiger partial charge in [0.15, 0.2) is 9.84 Å². The highest BCUT2D eigenvalue weighted by Gasteiger charge is 2.31. The average molecular weight is 424 g/mol. The number of hydrogen-bond acceptors (Lipinski definition) is 6. The minimum absolute atomic E-state index is 0.195. The van der Waals surface area contributed by atoms with Gasteiger partial charge in [-0.15, -0.1) is 11.3 Å². The van der Waals surface area contributed by atoms with Crippen LogP contribution < -0.4 is 15.5 Å². The van der Waals surface area contributed by atoms with E-state index >= 15 is 0 Å². The molecule has 2 aromatic rings. The van der Waals surface area contributed by atoms with Crippen LogP contribution in [0.2, 0.25) is 0 Å². The van der Waals surface area contributed by atoms with Gasteiger partial charge in [-0.25, -0.2) is 8.42 Å². The van der Waals surface area contributed by atoms with E-state index in [1.54, 1.807) is 23.6 Å². The number of amides is 2. The largest absolute Gasteiger partial charge is 0.378 e. The number of hydrogen-bond donors (Lipinski definition) is 2. The fraction of sp³-hybridized carbons (Fsp3) is 0.368. The molecule has 1 aromatic heterocycles. The van der Waals surface area contributed by atoms with E-state index in [9.17, 15) is 18.0 Å². The summed E-state index contributed by atoms with van der Waals surface area (Å²) in [5.74, 6) is -1.61. The molecular formula is C19H25N3O4S2. The lowest BCUT2D eigenvalue weighted by Gasteiger charge is -2.19. The van der Waals surface area contributed by atoms with Gasteiger partial charge >= 0.3 is 11.8 Å². The van der Waals surface area contributed by atoms with E-state index in [1.165, 1.54) is 6.07 Å². The van der Waals surface area contributed by atoms with E-state index in [0.717, 1.165) is 17.0 Å². The lowest BCUT2D eigenvalue weighted by molar-refractivity contribution is -0.139. The molecule has 0 unspecified atom stereocenters. The van der Waals surface area contributed by atoms with Crippen molar-refractivity contribution in [2.45, 2.75) is 22.8 Å². The zero-order valence-electron chi connectivity index (χ0n) is 16.1. The summed E-state index contributed by atoms with van der Waals surface area (Å²) in [6, 6.07) is 10.3. The van der Waals surface area contributed by atoms with Crippen molar-refractivity contribution in [2.75, 3.05) is 32.1 Å². The molecule has 2 rings (SSSR count). The van der Waals surface area contributed by atoms with Gasteiger partial charge in [0.05, 0.1) is 0 Å². The number of carbonyl (C=O) groups is 2. The van der Waals surface area contributed by atoms with Gasteiger partial charge in [0.1, 0.15) is 9.46 Å². The smallest absolute Gasteiger partial charge is 0.309 e. The van der Waals surface area contributed by atoms with E-state index in [4.69, 9.17) is 0 Å². The number of sulfone groups is 1. The molecule has 7 nitrogen and oxygen atoms in total. The lowest BCUT2D eigenvalue weighted by atomic mass is 10.1. The van der Waals surface area contributed by atoms with Crippen LogP contribution in [0.5, 0.6) is 0 Å². The van der Waals surface area contributed by atoms with E-state index in [-0.39, 0.29) is 10.8 Å². The first-order valence-electron chi connectivity index (χ1n) is 8.88. The standard InChI is InChI=1S/C19H25N3O4S2/c1-4-11-20-18(23)19(24)21-13-16(28(25,26)17-6-5-12-27-17)14-7-9-15(10-8-14)22(2)3/h5-10,12,16H,4,11,13H2,1-3H3,(H,20,23)(H,21,24)/t16-/m0/s1. The molecule has 0 aliphatic rings. The van der Waals surface area contributed by atoms with Gasteiger partial charge in [0.2, 0.25) is 0 Å². The fourth-order valence-electron chi connectivity index (χ4n) is 2.54. The molecule has 0 radical (unpaired) electrons. The zero-order valence-corrected chi connectivity index (χ0v) is 17.8. The number of rotatable bonds is 8. The fourth-order valence-corrected chi connectivity index (χ4v) is 5.41. The van der Waals surface area contributed by atoms with Gasteiger partial charge in [-0.05, 0) is 35.6 Å². The van der Waals surface area contributed by atoms with Crippen LogP contribution in [-0.2, 0) is 19.4 Å². The molecule has 0 aliphatic carbocycles. The summed E-state index contributed by atoms with van der Waals surface area (Å²) in [6.45, 7) is 2.06. The molecule has 2 amide bonds. The monoisotopic (exact) mass is 423 g/mol. The first-order chi connectivity index (χ1) is 13.3. The molecule has 1 aromatic carbocycles. The van der Waals surface area contributed by atoms with Gasteiger partial charge in [0.25, 0.3) is 0 Å². The topological polar surface area (TPSA) is 95.6 Å². The Morgan fingerprint density at radius 3 is 2.25 bits per heavy atom. The van der Waals surface area contributed by atoms with Crippen molar-refractivity contribution in [2.24, 2.45) is 0 Å². The van der Waals surface area contributed by atoms with Gasteiger partial charge in [0, 0.05) is 32.9 Å². The Morgan fingerprint density at radius 2 is 1.71 bits per heavy atom. The summed E-state index contributed by atoms with van der Waals surface area (Å²) in [7, 11) is 0.0620. The molecule has 0 saturated heterocycles. The van der Waals surface area contributed by atoms with Crippen molar-refractivity contribution in [3.05, 3.63) is 47.3 Å². The minimum Gasteiger partial charge on any atom is -0.378 e. The molecule has 0 saturated carbocycles. The number of anilines is 1. The van der Waals surface area contributed by atoms with Crippen LogP contribution in [-0.4, -0.2) is 47.4 Å². The zero-order chi connectivity index (χ0) is 20.7. The molecule has 9 heteroatoms. The van der Waals surface area contributed by atoms with Crippen molar-refractivity contribution < 1.29 is 18.0 Å². The Bertz CT molecular complexity index is 892. The van der Waals surface area contributed by atoms with Crippen molar-refractivity contribution >= 4 is 38.7 Å². The summed E-state index contributed by atoms with van der Waals surface area (Å²) in [5, 5.41) is 5.63. The summed E-state index contributed by atoms with van der Waals surface area (Å²) < 4.78 is 26.5. The average Bonchev–Trinajstić information content (AvgIpc) is 3.22. The molecular weight excluding hydrogens is 398 g/mol. The van der Waals surface area contributed by atoms with Crippen LogP contribution >= 0.6 is 11.3 Å². The molecule has 28 heavy (non-hydrogen) atoms. The van der Waals surface area contributed by atoms with E-state index in [1.807, 2.05) is 38.1 Å². The van der Waals surface area contributed by atoms with Gasteiger partial charge in [-0.1, -0.05) is 25.1 Å². The third-order valence-electron chi connectivity index (χ3n) is 4.12. The quantitative estimate of drug-likeness (QED) is 0.633. The summed E-state index contributed by atoms with van der Waals surface area (Å²) in [6.07, 6.45) is 0.701. The van der Waals surface area contributed by atoms with Crippen LogP contribution in [0, 0.1) is 0 Å². The van der Waals surface area contributed by atoms with E-state index in [2.05, 4.69) is 10.6 Å². The summed E-state index contributed by atoms with van der Waals surface area (Å²) in [4.78, 5) is 25.7. The summed E-state index contributed by atoms with van der Waals surface area (Å²) in [5.41, 5.74) is 1.48. The minimum atomic E-state index is -3.72. The maximum absolute atomic E-state index is 13.1. The van der Waals surface area contributed by atoms with Gasteiger partial charge in [-0.3, -0.25) is 9.59 Å². The third-order valence-corrected chi connectivity index (χ3v) is 7.65. The normalized spacial score (nSPS) is 12.2. The molecule has 2 N–H and O–H groups in total. The molecule has 0 aliphatic heterocycles. The first kappa shape index (κ1) is 21.9. The molecule has 1 atom stereocenters. The van der Waals surface area contributed by atoms with Crippen molar-refractivity contribution in [1.82, 2.24) is 10.6 Å². The molecule has 1 heterocycles. The molecule has 0 fully saturated rings. The van der Waals surface area contributed by atoms with Crippen LogP contribution in [0.3, 0.4) is 0 Å². The number of carbonyl (C=O) groups excluding carboxylic acids is 2. The molecule has 0 bridgehead atoms. The van der Waals surface area contributed by atoms with Crippen molar-refractivity contribution in [3.63, 3.8) is 0 Å². The second-order valence-corrected chi connectivity index (χ2v) is 9.72. The van der Waals surface area contributed by atoms with Gasteiger partial charge in [-0.2, -0.15) is 0 Å². The number of nitrogens with one attached hydrogen (secondary N) is 2. The Hall–Kier alpha value is -2.39. The van der Waals surface area contributed by atoms with Crippen LogP contribution in [0.25, 0.3) is 0 Å². The van der Waals surface area contributed by atoms with Gasteiger partial charge < -0.3 is 15.5 Å². The van der Waals surface area contributed by atoms with Crippen molar-refractivity contribution in [3.8, 4) is 0 Å². The van der Waals surface area contributed by atoms with E-state index in [0.29, 0.717) is 18.5 Å². The number of benzene rings is 1. The highest BCUT2D eigenvalue weighted by Crippen LogP contribution is 2.32. The molecule has 152 valence electrons. The lowest BCUT2D eigenvalue weighted by Crippen LogP contribution is -2.42. The highest BCUT2D eigenvalue weighted by molar-refractivity contribution is 7.93. The Balaban J connectivity index is 2.27. The third kappa shape index (κ3) is 5.32. The second kappa shape index (κ2) is 9.70. The predicted octanol–water partition coefficient (Wildman–Crippen LogP) is 1.97. The Kier molecular flexibility index (Phi) is 7.59.